The lowest BCUT2D eigenvalue weighted by Crippen LogP contribution is -2.50. The molecule has 1 aromatic carbocycles. The molecule has 2 atom stereocenters. The smallest absolute Gasteiger partial charge is 0.326 e. The standard InChI is InChI=1S/C15H22N2O3/c1-3-12(16)14(18)17(13(4-2)15(19)20)10-11-8-6-5-7-9-11/h5-9,12-13H,3-4,10,16H2,1-2H3,(H,19,20). The quantitative estimate of drug-likeness (QED) is 0.793. The minimum absolute atomic E-state index is 0.262. The molecule has 0 aliphatic heterocycles. The molecule has 2 unspecified atom stereocenters. The van der Waals surface area contributed by atoms with Gasteiger partial charge in [-0.25, -0.2) is 4.79 Å². The maximum absolute atomic E-state index is 12.3. The van der Waals surface area contributed by atoms with Gasteiger partial charge in [0.2, 0.25) is 5.91 Å². The van der Waals surface area contributed by atoms with E-state index in [-0.39, 0.29) is 12.5 Å². The van der Waals surface area contributed by atoms with Crippen molar-refractivity contribution in [3.05, 3.63) is 35.9 Å². The lowest BCUT2D eigenvalue weighted by Gasteiger charge is -2.30. The van der Waals surface area contributed by atoms with E-state index >= 15 is 0 Å². The number of amides is 1. The molecule has 3 N–H and O–H groups in total. The second-order valence-corrected chi connectivity index (χ2v) is 4.73. The highest BCUT2D eigenvalue weighted by molar-refractivity contribution is 5.86. The molecule has 0 heterocycles. The van der Waals surface area contributed by atoms with Gasteiger partial charge in [-0.15, -0.1) is 0 Å². The summed E-state index contributed by atoms with van der Waals surface area (Å²) in [4.78, 5) is 25.0. The van der Waals surface area contributed by atoms with E-state index in [0.717, 1.165) is 5.56 Å². The molecule has 5 nitrogen and oxygen atoms in total. The first kappa shape index (κ1) is 16.2. The number of carbonyl (C=O) groups excluding carboxylic acids is 1. The molecular weight excluding hydrogens is 256 g/mol. The minimum Gasteiger partial charge on any atom is -0.480 e. The Labute approximate surface area is 119 Å². The molecule has 1 aromatic rings. The van der Waals surface area contributed by atoms with E-state index in [1.54, 1.807) is 6.92 Å². The molecule has 1 amide bonds. The lowest BCUT2D eigenvalue weighted by molar-refractivity contribution is -0.151. The number of carboxylic acids is 1. The lowest BCUT2D eigenvalue weighted by atomic mass is 10.1. The Morgan fingerprint density at radius 2 is 1.80 bits per heavy atom. The van der Waals surface area contributed by atoms with Gasteiger partial charge in [-0.3, -0.25) is 4.79 Å². The molecule has 5 heteroatoms. The van der Waals surface area contributed by atoms with Gasteiger partial charge in [0.1, 0.15) is 6.04 Å². The third kappa shape index (κ3) is 4.06. The van der Waals surface area contributed by atoms with Gasteiger partial charge in [-0.1, -0.05) is 44.2 Å². The van der Waals surface area contributed by atoms with Crippen molar-refractivity contribution in [2.24, 2.45) is 5.73 Å². The van der Waals surface area contributed by atoms with Crippen LogP contribution in [0.4, 0.5) is 0 Å². The van der Waals surface area contributed by atoms with Crippen LogP contribution in [-0.4, -0.2) is 34.0 Å². The number of aliphatic carboxylic acids is 1. The molecule has 110 valence electrons. The molecule has 0 saturated carbocycles. The topological polar surface area (TPSA) is 83.6 Å². The Hall–Kier alpha value is -1.88. The average molecular weight is 278 g/mol. The average Bonchev–Trinajstić information content (AvgIpc) is 2.46. The van der Waals surface area contributed by atoms with E-state index in [1.807, 2.05) is 37.3 Å². The molecule has 0 spiro atoms. The van der Waals surface area contributed by atoms with Crippen LogP contribution in [0.25, 0.3) is 0 Å². The van der Waals surface area contributed by atoms with Gasteiger partial charge in [0.05, 0.1) is 6.04 Å². The Kier molecular flexibility index (Phi) is 6.18. The van der Waals surface area contributed by atoms with Crippen LogP contribution in [0, 0.1) is 0 Å². The van der Waals surface area contributed by atoms with E-state index < -0.39 is 18.1 Å². The highest BCUT2D eigenvalue weighted by Crippen LogP contribution is 2.13. The van der Waals surface area contributed by atoms with Crippen molar-refractivity contribution in [2.75, 3.05) is 0 Å². The summed E-state index contributed by atoms with van der Waals surface area (Å²) >= 11 is 0. The van der Waals surface area contributed by atoms with Gasteiger partial charge in [0, 0.05) is 6.54 Å². The van der Waals surface area contributed by atoms with Crippen molar-refractivity contribution >= 4 is 11.9 Å². The van der Waals surface area contributed by atoms with Crippen LogP contribution in [-0.2, 0) is 16.1 Å². The molecule has 20 heavy (non-hydrogen) atoms. The Morgan fingerprint density at radius 3 is 2.25 bits per heavy atom. The molecular formula is C15H22N2O3. The highest BCUT2D eigenvalue weighted by atomic mass is 16.4. The van der Waals surface area contributed by atoms with Gasteiger partial charge >= 0.3 is 5.97 Å². The van der Waals surface area contributed by atoms with E-state index in [2.05, 4.69) is 0 Å². The third-order valence-corrected chi connectivity index (χ3v) is 3.28. The summed E-state index contributed by atoms with van der Waals surface area (Å²) in [6.07, 6.45) is 0.838. The SMILES string of the molecule is CCC(N)C(=O)N(Cc1ccccc1)C(CC)C(=O)O. The maximum atomic E-state index is 12.3. The fourth-order valence-corrected chi connectivity index (χ4v) is 2.04. The van der Waals surface area contributed by atoms with E-state index in [4.69, 9.17) is 5.73 Å². The largest absolute Gasteiger partial charge is 0.480 e. The fraction of sp³-hybridized carbons (Fsp3) is 0.467. The van der Waals surface area contributed by atoms with Crippen molar-refractivity contribution in [3.8, 4) is 0 Å². The summed E-state index contributed by atoms with van der Waals surface area (Å²) in [6.45, 7) is 3.82. The summed E-state index contributed by atoms with van der Waals surface area (Å²) in [5, 5.41) is 9.29. The Morgan fingerprint density at radius 1 is 1.20 bits per heavy atom. The summed E-state index contributed by atoms with van der Waals surface area (Å²) in [6, 6.07) is 7.83. The van der Waals surface area contributed by atoms with Crippen molar-refractivity contribution < 1.29 is 14.7 Å². The number of carboxylic acid groups (broad SMARTS) is 1. The first-order valence-corrected chi connectivity index (χ1v) is 6.84. The number of carbonyl (C=O) groups is 2. The number of benzene rings is 1. The number of rotatable bonds is 7. The molecule has 0 bridgehead atoms. The van der Waals surface area contributed by atoms with Gasteiger partial charge in [0.15, 0.2) is 0 Å². The first-order valence-electron chi connectivity index (χ1n) is 6.84. The molecule has 0 saturated heterocycles. The zero-order valence-electron chi connectivity index (χ0n) is 12.0. The Balaban J connectivity index is 3.00. The van der Waals surface area contributed by atoms with Crippen LogP contribution in [0.3, 0.4) is 0 Å². The van der Waals surface area contributed by atoms with Crippen LogP contribution >= 0.6 is 0 Å². The van der Waals surface area contributed by atoms with E-state index in [1.165, 1.54) is 4.90 Å². The van der Waals surface area contributed by atoms with Crippen LogP contribution in [0.15, 0.2) is 30.3 Å². The number of nitrogens with zero attached hydrogens (tertiary/aromatic N) is 1. The van der Waals surface area contributed by atoms with E-state index in [9.17, 15) is 14.7 Å². The van der Waals surface area contributed by atoms with Crippen LogP contribution < -0.4 is 5.73 Å². The number of nitrogens with two attached hydrogens (primary N) is 1. The summed E-state index contributed by atoms with van der Waals surface area (Å²) in [5.74, 6) is -1.31. The normalized spacial score (nSPS) is 13.6. The predicted molar refractivity (Wildman–Crippen MR) is 77.0 cm³/mol. The van der Waals surface area contributed by atoms with Gasteiger partial charge < -0.3 is 15.7 Å². The third-order valence-electron chi connectivity index (χ3n) is 3.28. The second kappa shape index (κ2) is 7.65. The predicted octanol–water partition coefficient (Wildman–Crippen LogP) is 1.62. The monoisotopic (exact) mass is 278 g/mol. The zero-order valence-corrected chi connectivity index (χ0v) is 12.0. The van der Waals surface area contributed by atoms with Crippen molar-refractivity contribution in [2.45, 2.75) is 45.3 Å². The van der Waals surface area contributed by atoms with Gasteiger partial charge in [-0.2, -0.15) is 0 Å². The van der Waals surface area contributed by atoms with Crippen molar-refractivity contribution in [1.82, 2.24) is 4.90 Å². The van der Waals surface area contributed by atoms with Crippen LogP contribution in [0.1, 0.15) is 32.3 Å². The molecule has 0 aliphatic carbocycles. The summed E-state index contributed by atoms with van der Waals surface area (Å²) < 4.78 is 0. The number of hydrogen-bond acceptors (Lipinski definition) is 3. The molecule has 0 aliphatic rings. The van der Waals surface area contributed by atoms with Gasteiger partial charge in [-0.05, 0) is 18.4 Å². The van der Waals surface area contributed by atoms with Crippen molar-refractivity contribution in [1.29, 1.82) is 0 Å². The summed E-state index contributed by atoms with van der Waals surface area (Å²) in [7, 11) is 0. The maximum Gasteiger partial charge on any atom is 0.326 e. The molecule has 0 radical (unpaired) electrons. The number of hydrogen-bond donors (Lipinski definition) is 2. The first-order chi connectivity index (χ1) is 9.51. The highest BCUT2D eigenvalue weighted by Gasteiger charge is 2.30. The van der Waals surface area contributed by atoms with Crippen LogP contribution in [0.2, 0.25) is 0 Å². The molecule has 1 rings (SSSR count). The molecule has 0 aromatic heterocycles. The Bertz CT molecular complexity index is 448. The van der Waals surface area contributed by atoms with Crippen molar-refractivity contribution in [3.63, 3.8) is 0 Å². The summed E-state index contributed by atoms with van der Waals surface area (Å²) in [5.41, 5.74) is 6.67. The van der Waals surface area contributed by atoms with Crippen LogP contribution in [0.5, 0.6) is 0 Å². The zero-order chi connectivity index (χ0) is 15.1. The molecule has 0 fully saturated rings. The van der Waals surface area contributed by atoms with E-state index in [0.29, 0.717) is 12.8 Å². The minimum atomic E-state index is -1.000. The van der Waals surface area contributed by atoms with Gasteiger partial charge in [0.25, 0.3) is 0 Å². The second-order valence-electron chi connectivity index (χ2n) is 4.73. The fourth-order valence-electron chi connectivity index (χ4n) is 2.04.